The molecule has 0 atom stereocenters. The van der Waals surface area contributed by atoms with Gasteiger partial charge < -0.3 is 17.1 Å². The van der Waals surface area contributed by atoms with Crippen LogP contribution in [0.1, 0.15) is 0 Å². The van der Waals surface area contributed by atoms with E-state index in [9.17, 15) is 0 Å². The van der Waals surface area contributed by atoms with Crippen LogP contribution in [0.5, 0.6) is 0 Å². The maximum atomic E-state index is 7.72. The Labute approximate surface area is 86.6 Å². The molecule has 5 heteroatoms. The van der Waals surface area contributed by atoms with E-state index >= 15 is 0 Å². The molecule has 0 aromatic carbocycles. The summed E-state index contributed by atoms with van der Waals surface area (Å²) in [4.78, 5) is 0. The smallest absolute Gasteiger partial charge is 1.00 e. The van der Waals surface area contributed by atoms with Crippen LogP contribution in [-0.2, 0) is 0 Å². The van der Waals surface area contributed by atoms with Crippen molar-refractivity contribution in [2.75, 3.05) is 0 Å². The fraction of sp³-hybridized carbons (Fsp3) is 0. The van der Waals surface area contributed by atoms with Gasteiger partial charge in [-0.3, -0.25) is 0 Å². The van der Waals surface area contributed by atoms with Crippen molar-refractivity contribution in [3.05, 3.63) is 0 Å². The Morgan fingerprint density at radius 1 is 1.00 bits per heavy atom. The first-order valence-electron chi connectivity index (χ1n) is 0.154. The summed E-state index contributed by atoms with van der Waals surface area (Å²) in [5.41, 5.74) is 0. The normalized spacial score (nSPS) is 1.20. The molecule has 0 bridgehead atoms. The molecule has 0 aliphatic heterocycles. The van der Waals surface area contributed by atoms with E-state index < -0.39 is 0 Å². The van der Waals surface area contributed by atoms with Crippen LogP contribution in [0.25, 0.3) is 0 Å². The van der Waals surface area contributed by atoms with E-state index in [0.29, 0.717) is 0 Å². The van der Waals surface area contributed by atoms with Crippen LogP contribution in [0.3, 0.4) is 0 Å². The minimum Gasteiger partial charge on any atom is -1.00 e. The molecular weight excluding hydrogens is 133 g/mol. The predicted molar refractivity (Wildman–Crippen MR) is 5.85 cm³/mol. The molecule has 0 fully saturated rings. The van der Waals surface area contributed by atoms with E-state index in [0.717, 1.165) is 0 Å². The zero-order valence-electron chi connectivity index (χ0n) is 3.16. The van der Waals surface area contributed by atoms with Crippen molar-refractivity contribution in [1.82, 2.24) is 0 Å². The van der Waals surface area contributed by atoms with Crippen molar-refractivity contribution in [1.29, 1.82) is 0 Å². The first-order chi connectivity index (χ1) is 1.00. The first-order valence-corrected chi connectivity index (χ1v) is 0.463. The fourth-order valence-electron chi connectivity index (χ4n) is 0. The van der Waals surface area contributed by atoms with E-state index in [2.05, 4.69) is 11.9 Å². The van der Waals surface area contributed by atoms with E-state index in [1.54, 1.807) is 0 Å². The summed E-state index contributed by atoms with van der Waals surface area (Å²) in [5, 5.41) is 0. The standard InChI is InChI=1S/ClO.ClH.2Na/c1-2;;;/h;1H;;/q-1;;2*+1/p-1. The van der Waals surface area contributed by atoms with Crippen LogP contribution >= 0.6 is 11.9 Å². The third-order valence-corrected chi connectivity index (χ3v) is 0. The Kier molecular flexibility index (Phi) is 160. The van der Waals surface area contributed by atoms with E-state index in [1.165, 1.54) is 0 Å². The van der Waals surface area contributed by atoms with Crippen LogP contribution in [0.4, 0.5) is 0 Å². The molecule has 0 saturated heterocycles. The topological polar surface area (TPSA) is 23.1 Å². The molecule has 0 aliphatic rings. The molecule has 0 heterocycles. The first kappa shape index (κ1) is 25.7. The van der Waals surface area contributed by atoms with Gasteiger partial charge in [0, 0.05) is 0 Å². The Hall–Kier alpha value is 2.54. The molecule has 0 spiro atoms. The predicted octanol–water partition coefficient (Wildman–Crippen LogP) is -9.49. The van der Waals surface area contributed by atoms with Crippen molar-refractivity contribution in [2.24, 2.45) is 0 Å². The second kappa shape index (κ2) is 31.1. The number of hydrogen-bond donors (Lipinski definition) is 0. The monoisotopic (exact) mass is 132 g/mol. The average Bonchev–Trinajstić information content (AvgIpc) is 1.00. The van der Waals surface area contributed by atoms with Crippen molar-refractivity contribution in [2.45, 2.75) is 0 Å². The van der Waals surface area contributed by atoms with Crippen molar-refractivity contribution < 1.29 is 76.2 Å². The average molecular weight is 133 g/mol. The number of halogens is 2. The van der Waals surface area contributed by atoms with E-state index in [4.69, 9.17) is 4.66 Å². The fourth-order valence-corrected chi connectivity index (χ4v) is 0. The largest absolute Gasteiger partial charge is 1.00 e. The maximum absolute atomic E-state index is 7.72. The molecule has 0 amide bonds. The molecule has 0 rings (SSSR count). The second-order valence-electron chi connectivity index (χ2n) is 0. The molecule has 0 unspecified atom stereocenters. The Morgan fingerprint density at radius 2 is 1.00 bits per heavy atom. The van der Waals surface area contributed by atoms with Gasteiger partial charge in [-0.1, -0.05) is 0 Å². The Balaban J connectivity index is -0.00000000167. The van der Waals surface area contributed by atoms with Gasteiger partial charge in [-0.15, -0.1) is 0 Å². The van der Waals surface area contributed by atoms with Gasteiger partial charge in [-0.25, -0.2) is 11.9 Å². The van der Waals surface area contributed by atoms with Gasteiger partial charge in [0.2, 0.25) is 0 Å². The summed E-state index contributed by atoms with van der Waals surface area (Å²) in [6.45, 7) is 0. The molecule has 0 radical (unpaired) electrons. The van der Waals surface area contributed by atoms with E-state index in [-0.39, 0.29) is 71.5 Å². The van der Waals surface area contributed by atoms with Crippen molar-refractivity contribution in [3.63, 3.8) is 0 Å². The third kappa shape index (κ3) is 20.9. The summed E-state index contributed by atoms with van der Waals surface area (Å²) >= 11 is 3.39. The molecule has 22 valence electrons. The van der Waals surface area contributed by atoms with Gasteiger partial charge in [0.25, 0.3) is 0 Å². The maximum Gasteiger partial charge on any atom is 1.00 e. The van der Waals surface area contributed by atoms with E-state index in [1.807, 2.05) is 0 Å². The Bertz CT molecular complexity index is 7.61. The molecule has 0 saturated carbocycles. The molecule has 0 aliphatic carbocycles. The van der Waals surface area contributed by atoms with Gasteiger partial charge in [-0.05, 0) is 0 Å². The summed E-state index contributed by atoms with van der Waals surface area (Å²) < 4.78 is 7.72. The summed E-state index contributed by atoms with van der Waals surface area (Å²) in [6, 6.07) is 0. The minimum absolute atomic E-state index is 0. The number of hydrogen-bond acceptors (Lipinski definition) is 1. The molecule has 1 nitrogen and oxygen atoms in total. The number of rotatable bonds is 0. The van der Waals surface area contributed by atoms with Crippen LogP contribution in [0.2, 0.25) is 0 Å². The zero-order valence-corrected chi connectivity index (χ0v) is 8.68. The van der Waals surface area contributed by atoms with Gasteiger partial charge in [0.1, 0.15) is 0 Å². The summed E-state index contributed by atoms with van der Waals surface area (Å²) in [5.74, 6) is 0. The van der Waals surface area contributed by atoms with Gasteiger partial charge in [0.15, 0.2) is 0 Å². The quantitative estimate of drug-likeness (QED) is 0.301. The summed E-state index contributed by atoms with van der Waals surface area (Å²) in [7, 11) is 0. The Morgan fingerprint density at radius 3 is 1.00 bits per heavy atom. The molecule has 5 heavy (non-hydrogen) atoms. The van der Waals surface area contributed by atoms with Gasteiger partial charge in [-0.2, -0.15) is 0 Å². The molecular formula is Cl2Na2O. The van der Waals surface area contributed by atoms with Crippen LogP contribution in [-0.4, -0.2) is 0 Å². The van der Waals surface area contributed by atoms with Gasteiger partial charge in [0.05, 0.1) is 0 Å². The third-order valence-electron chi connectivity index (χ3n) is 0. The minimum atomic E-state index is 0. The van der Waals surface area contributed by atoms with Crippen molar-refractivity contribution in [3.8, 4) is 0 Å². The van der Waals surface area contributed by atoms with Gasteiger partial charge >= 0.3 is 59.1 Å². The van der Waals surface area contributed by atoms with Crippen molar-refractivity contribution >= 4 is 11.9 Å². The van der Waals surface area contributed by atoms with Crippen LogP contribution < -0.4 is 76.2 Å². The molecule has 0 N–H and O–H groups in total. The van der Waals surface area contributed by atoms with Crippen LogP contribution in [0, 0.1) is 0 Å². The SMILES string of the molecule is [Cl-].[Na+].[Na+].[O-]Cl. The molecule has 0 aromatic rings. The van der Waals surface area contributed by atoms with Crippen LogP contribution in [0.15, 0.2) is 0 Å². The zero-order chi connectivity index (χ0) is 2.00. The second-order valence-corrected chi connectivity index (χ2v) is 0. The summed E-state index contributed by atoms with van der Waals surface area (Å²) in [6.07, 6.45) is 0. The molecule has 0 aromatic heterocycles.